The number of hydrogen-bond donors (Lipinski definition) is 2. The number of rotatable bonds is 6. The van der Waals surface area contributed by atoms with Gasteiger partial charge in [-0.2, -0.15) is 0 Å². The maximum absolute atomic E-state index is 13.5. The molecular weight excluding hydrogens is 325 g/mol. The Kier molecular flexibility index (Phi) is 4.86. The van der Waals surface area contributed by atoms with E-state index in [1.54, 1.807) is 18.2 Å². The molecule has 1 heterocycles. The first kappa shape index (κ1) is 17.2. The summed E-state index contributed by atoms with van der Waals surface area (Å²) in [6.07, 6.45) is 0.143. The summed E-state index contributed by atoms with van der Waals surface area (Å²) in [7, 11) is -4.08. The molecule has 124 valence electrons. The average molecular weight is 341 g/mol. The number of halogens is 1. The van der Waals surface area contributed by atoms with Gasteiger partial charge >= 0.3 is 5.97 Å². The fourth-order valence-corrected chi connectivity index (χ4v) is 3.76. The topological polar surface area (TPSA) is 96.6 Å². The molecule has 0 spiro atoms. The van der Waals surface area contributed by atoms with Crippen molar-refractivity contribution in [2.75, 3.05) is 6.54 Å². The van der Waals surface area contributed by atoms with E-state index in [9.17, 15) is 17.6 Å². The number of carboxylic acid groups (broad SMARTS) is 1. The minimum Gasteiger partial charge on any atom is -0.478 e. The summed E-state index contributed by atoms with van der Waals surface area (Å²) in [6.45, 7) is 2.70. The van der Waals surface area contributed by atoms with Crippen LogP contribution in [0.25, 0.3) is 0 Å². The van der Waals surface area contributed by atoms with Gasteiger partial charge in [0.05, 0.1) is 0 Å². The third-order valence-corrected chi connectivity index (χ3v) is 4.95. The van der Waals surface area contributed by atoms with Gasteiger partial charge in [0.1, 0.15) is 27.8 Å². The zero-order chi connectivity index (χ0) is 17.2. The highest BCUT2D eigenvalue weighted by Crippen LogP contribution is 2.26. The molecule has 8 heteroatoms. The summed E-state index contributed by atoms with van der Waals surface area (Å²) in [5, 5.41) is 9.16. The lowest BCUT2D eigenvalue weighted by Gasteiger charge is -2.07. The Bertz CT molecular complexity index is 842. The Labute approximate surface area is 133 Å². The number of benzene rings is 1. The molecule has 1 aromatic heterocycles. The molecule has 0 radical (unpaired) electrons. The molecule has 0 aliphatic carbocycles. The molecule has 0 fully saturated rings. The van der Waals surface area contributed by atoms with E-state index in [-0.39, 0.29) is 30.0 Å². The second kappa shape index (κ2) is 6.51. The summed E-state index contributed by atoms with van der Waals surface area (Å²) in [5.74, 6) is -1.79. The van der Waals surface area contributed by atoms with Gasteiger partial charge in [-0.15, -0.1) is 0 Å². The maximum atomic E-state index is 13.5. The van der Waals surface area contributed by atoms with Gasteiger partial charge in [-0.3, -0.25) is 0 Å². The zero-order valence-corrected chi connectivity index (χ0v) is 13.4. The number of nitrogens with one attached hydrogen (secondary N) is 1. The molecule has 2 aromatic rings. The van der Waals surface area contributed by atoms with Crippen molar-refractivity contribution in [1.82, 2.24) is 4.72 Å². The predicted molar refractivity (Wildman–Crippen MR) is 80.4 cm³/mol. The smallest absolute Gasteiger partial charge is 0.340 e. The molecule has 2 N–H and O–H groups in total. The largest absolute Gasteiger partial charge is 0.478 e. The Morgan fingerprint density at radius 3 is 2.52 bits per heavy atom. The lowest BCUT2D eigenvalue weighted by molar-refractivity contribution is 0.0691. The number of carboxylic acids is 1. The van der Waals surface area contributed by atoms with Gasteiger partial charge in [0, 0.05) is 6.54 Å². The summed E-state index contributed by atoms with van der Waals surface area (Å²) >= 11 is 0. The summed E-state index contributed by atoms with van der Waals surface area (Å²) in [4.78, 5) is 10.8. The van der Waals surface area contributed by atoms with Crippen LogP contribution in [0, 0.1) is 19.7 Å². The molecule has 0 saturated heterocycles. The van der Waals surface area contributed by atoms with Crippen molar-refractivity contribution in [3.63, 3.8) is 0 Å². The van der Waals surface area contributed by atoms with Crippen molar-refractivity contribution in [2.45, 2.75) is 25.2 Å². The van der Waals surface area contributed by atoms with Crippen LogP contribution in [0.15, 0.2) is 33.6 Å². The number of furan rings is 1. The van der Waals surface area contributed by atoms with Crippen LogP contribution in [-0.4, -0.2) is 26.0 Å². The monoisotopic (exact) mass is 341 g/mol. The number of aryl methyl sites for hydroxylation is 2. The van der Waals surface area contributed by atoms with Crippen LogP contribution in [0.4, 0.5) is 4.39 Å². The average Bonchev–Trinajstić information content (AvgIpc) is 2.76. The zero-order valence-electron chi connectivity index (χ0n) is 12.6. The van der Waals surface area contributed by atoms with E-state index in [0.717, 1.165) is 0 Å². The van der Waals surface area contributed by atoms with Crippen LogP contribution in [0.1, 0.15) is 27.4 Å². The van der Waals surface area contributed by atoms with E-state index in [1.807, 2.05) is 0 Å². The van der Waals surface area contributed by atoms with Crippen molar-refractivity contribution < 1.29 is 27.1 Å². The van der Waals surface area contributed by atoms with Crippen molar-refractivity contribution in [2.24, 2.45) is 0 Å². The highest BCUT2D eigenvalue weighted by molar-refractivity contribution is 7.89. The molecule has 0 bridgehead atoms. The van der Waals surface area contributed by atoms with E-state index in [0.29, 0.717) is 5.56 Å². The van der Waals surface area contributed by atoms with Gasteiger partial charge in [0.25, 0.3) is 0 Å². The molecule has 23 heavy (non-hydrogen) atoms. The van der Waals surface area contributed by atoms with E-state index >= 15 is 0 Å². The molecule has 0 aliphatic heterocycles. The third kappa shape index (κ3) is 3.59. The Balaban J connectivity index is 2.20. The molecular formula is C15H16FNO5S. The molecule has 0 unspecified atom stereocenters. The minimum absolute atomic E-state index is 0.00158. The van der Waals surface area contributed by atoms with Crippen molar-refractivity contribution in [3.8, 4) is 0 Å². The van der Waals surface area contributed by atoms with Gasteiger partial charge in [-0.1, -0.05) is 18.2 Å². The van der Waals surface area contributed by atoms with Crippen LogP contribution in [0.3, 0.4) is 0 Å². The molecule has 0 atom stereocenters. The Morgan fingerprint density at radius 1 is 1.26 bits per heavy atom. The van der Waals surface area contributed by atoms with E-state index < -0.39 is 26.7 Å². The second-order valence-electron chi connectivity index (χ2n) is 4.96. The fraction of sp³-hybridized carbons (Fsp3) is 0.267. The number of aromatic carboxylic acids is 1. The van der Waals surface area contributed by atoms with Gasteiger partial charge in [-0.25, -0.2) is 22.3 Å². The lowest BCUT2D eigenvalue weighted by atomic mass is 10.1. The molecule has 0 amide bonds. The first-order chi connectivity index (χ1) is 10.7. The molecule has 0 aliphatic rings. The van der Waals surface area contributed by atoms with E-state index in [4.69, 9.17) is 9.52 Å². The van der Waals surface area contributed by atoms with Crippen molar-refractivity contribution >= 4 is 16.0 Å². The Hall–Kier alpha value is -2.19. The molecule has 1 aromatic carbocycles. The van der Waals surface area contributed by atoms with Crippen molar-refractivity contribution in [1.29, 1.82) is 0 Å². The first-order valence-electron chi connectivity index (χ1n) is 6.80. The fourth-order valence-electron chi connectivity index (χ4n) is 2.33. The second-order valence-corrected chi connectivity index (χ2v) is 6.67. The molecule has 2 rings (SSSR count). The normalized spacial score (nSPS) is 11.6. The molecule has 0 saturated carbocycles. The molecule has 6 nitrogen and oxygen atoms in total. The number of sulfonamides is 1. The van der Waals surface area contributed by atoms with Crippen LogP contribution >= 0.6 is 0 Å². The summed E-state index contributed by atoms with van der Waals surface area (Å²) in [6, 6.07) is 6.04. The SMILES string of the molecule is Cc1oc(C)c(S(=O)(=O)NCCc2ccccc2F)c1C(=O)O. The van der Waals surface area contributed by atoms with Gasteiger partial charge in [0.2, 0.25) is 10.0 Å². The van der Waals surface area contributed by atoms with E-state index in [1.165, 1.54) is 19.9 Å². The Morgan fingerprint density at radius 2 is 1.91 bits per heavy atom. The van der Waals surface area contributed by atoms with Gasteiger partial charge in [-0.05, 0) is 31.9 Å². The predicted octanol–water partition coefficient (Wildman–Crippen LogP) is 2.25. The number of hydrogen-bond acceptors (Lipinski definition) is 4. The van der Waals surface area contributed by atoms with Crippen LogP contribution in [-0.2, 0) is 16.4 Å². The maximum Gasteiger partial charge on any atom is 0.340 e. The van der Waals surface area contributed by atoms with Gasteiger partial charge < -0.3 is 9.52 Å². The highest BCUT2D eigenvalue weighted by Gasteiger charge is 2.30. The van der Waals surface area contributed by atoms with Gasteiger partial charge in [0.15, 0.2) is 0 Å². The number of carbonyl (C=O) groups is 1. The van der Waals surface area contributed by atoms with Crippen LogP contribution in [0.5, 0.6) is 0 Å². The van der Waals surface area contributed by atoms with E-state index in [2.05, 4.69) is 4.72 Å². The standard InChI is InChI=1S/C15H16FNO5S/c1-9-13(15(18)19)14(10(2)22-9)23(20,21)17-8-7-11-5-3-4-6-12(11)16/h3-6,17H,7-8H2,1-2H3,(H,18,19). The first-order valence-corrected chi connectivity index (χ1v) is 8.28. The third-order valence-electron chi connectivity index (χ3n) is 3.33. The van der Waals surface area contributed by atoms with Crippen LogP contribution in [0.2, 0.25) is 0 Å². The minimum atomic E-state index is -4.08. The van der Waals surface area contributed by atoms with Crippen LogP contribution < -0.4 is 4.72 Å². The summed E-state index contributed by atoms with van der Waals surface area (Å²) < 4.78 is 45.6. The lowest BCUT2D eigenvalue weighted by Crippen LogP contribution is -2.27. The highest BCUT2D eigenvalue weighted by atomic mass is 32.2. The van der Waals surface area contributed by atoms with Crippen molar-refractivity contribution in [3.05, 3.63) is 52.7 Å². The quantitative estimate of drug-likeness (QED) is 0.840. The summed E-state index contributed by atoms with van der Waals surface area (Å²) in [5.41, 5.74) is -0.0188.